The van der Waals surface area contributed by atoms with E-state index in [4.69, 9.17) is 14.2 Å². The van der Waals surface area contributed by atoms with Crippen LogP contribution in [0.3, 0.4) is 0 Å². The summed E-state index contributed by atoms with van der Waals surface area (Å²) in [5, 5.41) is 3.20. The summed E-state index contributed by atoms with van der Waals surface area (Å²) in [5.74, 6) is 1.93. The molecule has 0 aromatic heterocycles. The third kappa shape index (κ3) is 2.43. The molecule has 0 unspecified atom stereocenters. The molecule has 0 saturated carbocycles. The fourth-order valence-electron chi connectivity index (χ4n) is 3.00. The first kappa shape index (κ1) is 15.2. The summed E-state index contributed by atoms with van der Waals surface area (Å²) in [6.45, 7) is 5.76. The van der Waals surface area contributed by atoms with Crippen LogP contribution >= 0.6 is 0 Å². The summed E-state index contributed by atoms with van der Waals surface area (Å²) in [7, 11) is 1.64. The minimum Gasteiger partial charge on any atom is -0.497 e. The molecule has 1 N–H and O–H groups in total. The molecule has 1 fully saturated rings. The van der Waals surface area contributed by atoms with Gasteiger partial charge in [-0.05, 0) is 24.1 Å². The molecule has 0 radical (unpaired) electrons. The second kappa shape index (κ2) is 5.80. The maximum absolute atomic E-state index is 12.8. The highest BCUT2D eigenvalue weighted by Gasteiger charge is 2.49. The molecule has 1 atom stereocenters. The predicted molar refractivity (Wildman–Crippen MR) is 82.1 cm³/mol. The number of methoxy groups -OCH3 is 1. The van der Waals surface area contributed by atoms with E-state index in [2.05, 4.69) is 19.2 Å². The Balaban J connectivity index is 1.81. The van der Waals surface area contributed by atoms with Gasteiger partial charge in [-0.1, -0.05) is 13.8 Å². The molecule has 3 rings (SSSR count). The van der Waals surface area contributed by atoms with Gasteiger partial charge < -0.3 is 19.5 Å². The lowest BCUT2D eigenvalue weighted by Gasteiger charge is -2.44. The molecule has 2 heterocycles. The largest absolute Gasteiger partial charge is 0.497 e. The molecule has 2 aliphatic rings. The van der Waals surface area contributed by atoms with Gasteiger partial charge in [0.1, 0.15) is 11.5 Å². The van der Waals surface area contributed by atoms with E-state index in [-0.39, 0.29) is 17.9 Å². The van der Waals surface area contributed by atoms with Crippen LogP contribution < -0.4 is 14.8 Å². The quantitative estimate of drug-likeness (QED) is 0.927. The number of amides is 1. The van der Waals surface area contributed by atoms with Crippen molar-refractivity contribution in [3.63, 3.8) is 0 Å². The number of ether oxygens (including phenoxy) is 3. The molecule has 1 aromatic rings. The first-order valence-corrected chi connectivity index (χ1v) is 7.76. The molecular formula is C17H23NO4. The smallest absolute Gasteiger partial charge is 0.231 e. The van der Waals surface area contributed by atoms with Crippen molar-refractivity contribution in [2.45, 2.75) is 26.3 Å². The summed E-state index contributed by atoms with van der Waals surface area (Å²) in [6.07, 6.45) is 0.765. The van der Waals surface area contributed by atoms with Crippen LogP contribution in [0.15, 0.2) is 18.2 Å². The molecule has 1 aromatic carbocycles. The van der Waals surface area contributed by atoms with Gasteiger partial charge >= 0.3 is 0 Å². The Morgan fingerprint density at radius 3 is 2.77 bits per heavy atom. The Hall–Kier alpha value is -1.75. The SMILES string of the molecule is COc1ccc2c(c1)[C@@H](NC(=O)C1(C(C)C)COC1)CCO2. The summed E-state index contributed by atoms with van der Waals surface area (Å²) >= 11 is 0. The Morgan fingerprint density at radius 1 is 1.41 bits per heavy atom. The summed E-state index contributed by atoms with van der Waals surface area (Å²) in [4.78, 5) is 12.8. The Bertz CT molecular complexity index is 566. The Labute approximate surface area is 130 Å². The third-order valence-corrected chi connectivity index (χ3v) is 4.84. The summed E-state index contributed by atoms with van der Waals surface area (Å²) in [5.41, 5.74) is 0.593. The van der Waals surface area contributed by atoms with Crippen LogP contribution in [-0.2, 0) is 9.53 Å². The third-order valence-electron chi connectivity index (χ3n) is 4.84. The van der Waals surface area contributed by atoms with Gasteiger partial charge in [0.25, 0.3) is 0 Å². The minimum absolute atomic E-state index is 0.0393. The van der Waals surface area contributed by atoms with Gasteiger partial charge in [-0.3, -0.25) is 4.79 Å². The van der Waals surface area contributed by atoms with Crippen molar-refractivity contribution in [1.29, 1.82) is 0 Å². The zero-order chi connectivity index (χ0) is 15.7. The van der Waals surface area contributed by atoms with Crippen molar-refractivity contribution in [2.24, 2.45) is 11.3 Å². The predicted octanol–water partition coefficient (Wildman–Crippen LogP) is 2.31. The summed E-state index contributed by atoms with van der Waals surface area (Å²) in [6, 6.07) is 5.68. The van der Waals surface area contributed by atoms with Crippen LogP contribution in [0.1, 0.15) is 31.9 Å². The van der Waals surface area contributed by atoms with Crippen molar-refractivity contribution >= 4 is 5.91 Å². The zero-order valence-corrected chi connectivity index (χ0v) is 13.3. The molecule has 5 heteroatoms. The lowest BCUT2D eigenvalue weighted by molar-refractivity contribution is -0.172. The van der Waals surface area contributed by atoms with E-state index in [0.717, 1.165) is 23.5 Å². The van der Waals surface area contributed by atoms with Crippen LogP contribution in [0.4, 0.5) is 0 Å². The number of nitrogens with one attached hydrogen (secondary N) is 1. The van der Waals surface area contributed by atoms with Gasteiger partial charge in [0.2, 0.25) is 5.91 Å². The monoisotopic (exact) mass is 305 g/mol. The Morgan fingerprint density at radius 2 is 2.18 bits per heavy atom. The van der Waals surface area contributed by atoms with Crippen molar-refractivity contribution in [3.8, 4) is 11.5 Å². The molecule has 0 bridgehead atoms. The molecule has 2 aliphatic heterocycles. The molecule has 22 heavy (non-hydrogen) atoms. The average Bonchev–Trinajstić information content (AvgIpc) is 2.45. The number of rotatable bonds is 4. The number of carbonyl (C=O) groups excluding carboxylic acids is 1. The molecule has 0 spiro atoms. The van der Waals surface area contributed by atoms with Crippen LogP contribution in [0.25, 0.3) is 0 Å². The second-order valence-corrected chi connectivity index (χ2v) is 6.37. The maximum Gasteiger partial charge on any atom is 0.231 e. The fourth-order valence-corrected chi connectivity index (χ4v) is 3.00. The highest BCUT2D eigenvalue weighted by Crippen LogP contribution is 2.39. The van der Waals surface area contributed by atoms with Crippen LogP contribution in [0, 0.1) is 11.3 Å². The number of carbonyl (C=O) groups is 1. The van der Waals surface area contributed by atoms with Gasteiger partial charge in [-0.25, -0.2) is 0 Å². The summed E-state index contributed by atoms with van der Waals surface area (Å²) < 4.78 is 16.3. The first-order chi connectivity index (χ1) is 10.6. The van der Waals surface area contributed by atoms with Gasteiger partial charge in [0.05, 0.1) is 38.4 Å². The fraction of sp³-hybridized carbons (Fsp3) is 0.588. The van der Waals surface area contributed by atoms with E-state index in [0.29, 0.717) is 19.8 Å². The van der Waals surface area contributed by atoms with Gasteiger partial charge in [-0.15, -0.1) is 0 Å². The Kier molecular flexibility index (Phi) is 4.00. The van der Waals surface area contributed by atoms with E-state index in [1.165, 1.54) is 0 Å². The van der Waals surface area contributed by atoms with Crippen molar-refractivity contribution < 1.29 is 19.0 Å². The molecule has 5 nitrogen and oxygen atoms in total. The highest BCUT2D eigenvalue weighted by atomic mass is 16.5. The van der Waals surface area contributed by atoms with E-state index >= 15 is 0 Å². The van der Waals surface area contributed by atoms with E-state index in [9.17, 15) is 4.79 Å². The van der Waals surface area contributed by atoms with Crippen LogP contribution in [0.5, 0.6) is 11.5 Å². The molecule has 1 amide bonds. The number of fused-ring (bicyclic) bond motifs is 1. The van der Waals surface area contributed by atoms with E-state index < -0.39 is 5.41 Å². The number of hydrogen-bond donors (Lipinski definition) is 1. The molecular weight excluding hydrogens is 282 g/mol. The van der Waals surface area contributed by atoms with Gasteiger partial charge in [0.15, 0.2) is 0 Å². The van der Waals surface area contributed by atoms with E-state index in [1.54, 1.807) is 7.11 Å². The first-order valence-electron chi connectivity index (χ1n) is 7.76. The number of hydrogen-bond acceptors (Lipinski definition) is 4. The molecule has 1 saturated heterocycles. The molecule has 0 aliphatic carbocycles. The lowest BCUT2D eigenvalue weighted by atomic mass is 9.74. The lowest BCUT2D eigenvalue weighted by Crippen LogP contribution is -2.57. The van der Waals surface area contributed by atoms with Crippen molar-refractivity contribution in [3.05, 3.63) is 23.8 Å². The highest BCUT2D eigenvalue weighted by molar-refractivity contribution is 5.84. The maximum atomic E-state index is 12.8. The normalized spacial score (nSPS) is 22.3. The zero-order valence-electron chi connectivity index (χ0n) is 13.3. The second-order valence-electron chi connectivity index (χ2n) is 6.37. The van der Waals surface area contributed by atoms with Crippen molar-refractivity contribution in [2.75, 3.05) is 26.9 Å². The van der Waals surface area contributed by atoms with Crippen molar-refractivity contribution in [1.82, 2.24) is 5.32 Å². The van der Waals surface area contributed by atoms with Crippen LogP contribution in [0.2, 0.25) is 0 Å². The minimum atomic E-state index is -0.392. The average molecular weight is 305 g/mol. The van der Waals surface area contributed by atoms with E-state index in [1.807, 2.05) is 18.2 Å². The van der Waals surface area contributed by atoms with Gasteiger partial charge in [0, 0.05) is 12.0 Å². The molecule has 120 valence electrons. The standard InChI is InChI=1S/C17H23NO4/c1-11(2)17(9-21-10-17)16(19)18-14-6-7-22-15-5-4-12(20-3)8-13(14)15/h4-5,8,11,14H,6-7,9-10H2,1-3H3,(H,18,19)/t14-/m0/s1. The van der Waals surface area contributed by atoms with Gasteiger partial charge in [-0.2, -0.15) is 0 Å². The van der Waals surface area contributed by atoms with Crippen LogP contribution in [-0.4, -0.2) is 32.8 Å². The number of benzene rings is 1. The topological polar surface area (TPSA) is 56.8 Å².